The van der Waals surface area contributed by atoms with Gasteiger partial charge in [-0.2, -0.15) is 0 Å². The van der Waals surface area contributed by atoms with Gasteiger partial charge >= 0.3 is 0 Å². The SMILES string of the molecule is O=S(=O)(NCCCN1CCN(c2ccc(F)cc2)CC1)c1cccs1. The first kappa shape index (κ1) is 18.3. The van der Waals surface area contributed by atoms with Gasteiger partial charge in [-0.1, -0.05) is 6.07 Å². The number of benzene rings is 1. The van der Waals surface area contributed by atoms with Gasteiger partial charge in [0.2, 0.25) is 10.0 Å². The standard InChI is InChI=1S/C17H22FN3O2S2/c18-15-4-6-16(7-5-15)21-12-10-20(11-13-21)9-2-8-19-25(22,23)17-3-1-14-24-17/h1,3-7,14,19H,2,8-13H2. The van der Waals surface area contributed by atoms with E-state index in [2.05, 4.69) is 14.5 Å². The molecular formula is C17H22FN3O2S2. The van der Waals surface area contributed by atoms with Crippen LogP contribution >= 0.6 is 11.3 Å². The lowest BCUT2D eigenvalue weighted by Gasteiger charge is -2.36. The van der Waals surface area contributed by atoms with Crippen LogP contribution in [0.1, 0.15) is 6.42 Å². The molecular weight excluding hydrogens is 361 g/mol. The lowest BCUT2D eigenvalue weighted by molar-refractivity contribution is 0.255. The highest BCUT2D eigenvalue weighted by atomic mass is 32.2. The molecule has 0 saturated carbocycles. The van der Waals surface area contributed by atoms with Gasteiger partial charge in [0, 0.05) is 38.4 Å². The van der Waals surface area contributed by atoms with Crippen molar-refractivity contribution in [2.75, 3.05) is 44.2 Å². The van der Waals surface area contributed by atoms with Crippen LogP contribution in [0, 0.1) is 5.82 Å². The van der Waals surface area contributed by atoms with Crippen LogP contribution < -0.4 is 9.62 Å². The van der Waals surface area contributed by atoms with E-state index in [0.717, 1.165) is 44.8 Å². The highest BCUT2D eigenvalue weighted by Gasteiger charge is 2.18. The smallest absolute Gasteiger partial charge is 0.250 e. The summed E-state index contributed by atoms with van der Waals surface area (Å²) in [6.07, 6.45) is 0.779. The number of sulfonamides is 1. The summed E-state index contributed by atoms with van der Waals surface area (Å²) in [5.41, 5.74) is 1.05. The monoisotopic (exact) mass is 383 g/mol. The van der Waals surface area contributed by atoms with Gasteiger partial charge in [-0.15, -0.1) is 11.3 Å². The number of nitrogens with zero attached hydrogens (tertiary/aromatic N) is 2. The van der Waals surface area contributed by atoms with Crippen molar-refractivity contribution in [1.29, 1.82) is 0 Å². The Hall–Kier alpha value is -1.48. The summed E-state index contributed by atoms with van der Waals surface area (Å²) >= 11 is 1.23. The Labute approximate surface area is 152 Å². The molecule has 1 aliphatic heterocycles. The molecule has 0 atom stereocenters. The summed E-state index contributed by atoms with van der Waals surface area (Å²) in [6, 6.07) is 9.94. The minimum Gasteiger partial charge on any atom is -0.369 e. The van der Waals surface area contributed by atoms with Crippen molar-refractivity contribution < 1.29 is 12.8 Å². The number of hydrogen-bond donors (Lipinski definition) is 1. The van der Waals surface area contributed by atoms with Gasteiger partial charge in [-0.05, 0) is 48.7 Å². The topological polar surface area (TPSA) is 52.7 Å². The molecule has 2 heterocycles. The van der Waals surface area contributed by atoms with E-state index in [1.54, 1.807) is 17.5 Å². The molecule has 1 aromatic carbocycles. The van der Waals surface area contributed by atoms with Crippen molar-refractivity contribution in [2.45, 2.75) is 10.6 Å². The lowest BCUT2D eigenvalue weighted by atomic mass is 10.2. The van der Waals surface area contributed by atoms with Gasteiger partial charge in [0.25, 0.3) is 0 Å². The molecule has 0 unspecified atom stereocenters. The zero-order chi connectivity index (χ0) is 17.7. The Morgan fingerprint density at radius 3 is 2.44 bits per heavy atom. The highest BCUT2D eigenvalue weighted by Crippen LogP contribution is 2.17. The van der Waals surface area contributed by atoms with Crippen LogP contribution in [0.5, 0.6) is 0 Å². The van der Waals surface area contributed by atoms with Gasteiger partial charge in [-0.3, -0.25) is 4.90 Å². The van der Waals surface area contributed by atoms with Crippen molar-refractivity contribution in [2.24, 2.45) is 0 Å². The first-order chi connectivity index (χ1) is 12.0. The molecule has 0 bridgehead atoms. The molecule has 0 radical (unpaired) electrons. The summed E-state index contributed by atoms with van der Waals surface area (Å²) in [5.74, 6) is -0.215. The maximum atomic E-state index is 13.0. The Kier molecular flexibility index (Phi) is 6.06. The Morgan fingerprint density at radius 1 is 1.08 bits per heavy atom. The van der Waals surface area contributed by atoms with Crippen LogP contribution in [-0.2, 0) is 10.0 Å². The Balaban J connectivity index is 1.37. The van der Waals surface area contributed by atoms with E-state index in [-0.39, 0.29) is 5.82 Å². The molecule has 1 saturated heterocycles. The summed E-state index contributed by atoms with van der Waals surface area (Å²) in [7, 11) is -3.36. The molecule has 136 valence electrons. The Bertz CT molecular complexity index is 756. The summed E-state index contributed by atoms with van der Waals surface area (Å²) in [4.78, 5) is 4.58. The summed E-state index contributed by atoms with van der Waals surface area (Å²) in [6.45, 7) is 4.95. The molecule has 25 heavy (non-hydrogen) atoms. The molecule has 2 aromatic rings. The van der Waals surface area contributed by atoms with Crippen molar-refractivity contribution in [1.82, 2.24) is 9.62 Å². The molecule has 3 rings (SSSR count). The zero-order valence-electron chi connectivity index (χ0n) is 13.9. The van der Waals surface area contributed by atoms with E-state index in [1.807, 2.05) is 12.1 Å². The van der Waals surface area contributed by atoms with Crippen LogP contribution in [0.3, 0.4) is 0 Å². The fourth-order valence-corrected chi connectivity index (χ4v) is 4.99. The maximum absolute atomic E-state index is 13.0. The maximum Gasteiger partial charge on any atom is 0.250 e. The molecule has 5 nitrogen and oxygen atoms in total. The highest BCUT2D eigenvalue weighted by molar-refractivity contribution is 7.91. The van der Waals surface area contributed by atoms with Crippen LogP contribution in [0.25, 0.3) is 0 Å². The van der Waals surface area contributed by atoms with Gasteiger partial charge in [-0.25, -0.2) is 17.5 Å². The van der Waals surface area contributed by atoms with E-state index in [9.17, 15) is 12.8 Å². The number of nitrogens with one attached hydrogen (secondary N) is 1. The van der Waals surface area contributed by atoms with E-state index < -0.39 is 10.0 Å². The average molecular weight is 384 g/mol. The average Bonchev–Trinajstić information content (AvgIpc) is 3.16. The van der Waals surface area contributed by atoms with Crippen molar-refractivity contribution in [3.63, 3.8) is 0 Å². The van der Waals surface area contributed by atoms with E-state index >= 15 is 0 Å². The van der Waals surface area contributed by atoms with E-state index in [4.69, 9.17) is 0 Å². The number of rotatable bonds is 7. The van der Waals surface area contributed by atoms with Crippen LogP contribution in [0.2, 0.25) is 0 Å². The minimum atomic E-state index is -3.36. The second-order valence-corrected chi connectivity index (χ2v) is 8.93. The quantitative estimate of drug-likeness (QED) is 0.746. The van der Waals surface area contributed by atoms with Crippen LogP contribution in [0.4, 0.5) is 10.1 Å². The second-order valence-electron chi connectivity index (χ2n) is 5.99. The molecule has 1 fully saturated rings. The van der Waals surface area contributed by atoms with Crippen molar-refractivity contribution in [3.8, 4) is 0 Å². The molecule has 8 heteroatoms. The molecule has 1 aliphatic rings. The molecule has 0 aliphatic carbocycles. The summed E-state index contributed by atoms with van der Waals surface area (Å²) in [5, 5.41) is 1.76. The third kappa shape index (κ3) is 5.01. The number of thiophene rings is 1. The number of hydrogen-bond acceptors (Lipinski definition) is 5. The molecule has 1 N–H and O–H groups in total. The third-order valence-corrected chi connectivity index (χ3v) is 7.13. The molecule has 0 amide bonds. The van der Waals surface area contributed by atoms with Gasteiger partial charge in [0.05, 0.1) is 0 Å². The predicted molar refractivity (Wildman–Crippen MR) is 99.2 cm³/mol. The van der Waals surface area contributed by atoms with Crippen molar-refractivity contribution in [3.05, 3.63) is 47.6 Å². The largest absolute Gasteiger partial charge is 0.369 e. The van der Waals surface area contributed by atoms with E-state index in [0.29, 0.717) is 10.8 Å². The lowest BCUT2D eigenvalue weighted by Crippen LogP contribution is -2.47. The normalized spacial score (nSPS) is 16.3. The third-order valence-electron chi connectivity index (χ3n) is 4.27. The van der Waals surface area contributed by atoms with Crippen molar-refractivity contribution >= 4 is 27.0 Å². The van der Waals surface area contributed by atoms with Crippen LogP contribution in [0.15, 0.2) is 46.0 Å². The van der Waals surface area contributed by atoms with Gasteiger partial charge in [0.1, 0.15) is 10.0 Å². The first-order valence-corrected chi connectivity index (χ1v) is 10.7. The molecule has 1 aromatic heterocycles. The van der Waals surface area contributed by atoms with Gasteiger partial charge in [0.15, 0.2) is 0 Å². The number of halogens is 1. The van der Waals surface area contributed by atoms with Gasteiger partial charge < -0.3 is 4.90 Å². The second kappa shape index (κ2) is 8.27. The number of anilines is 1. The van der Waals surface area contributed by atoms with Crippen LogP contribution in [-0.4, -0.2) is 52.6 Å². The fourth-order valence-electron chi connectivity index (χ4n) is 2.88. The minimum absolute atomic E-state index is 0.215. The van der Waals surface area contributed by atoms with E-state index in [1.165, 1.54) is 23.5 Å². The number of piperazine rings is 1. The fraction of sp³-hybridized carbons (Fsp3) is 0.412. The summed E-state index contributed by atoms with van der Waals surface area (Å²) < 4.78 is 40.0. The first-order valence-electron chi connectivity index (χ1n) is 8.31. The molecule has 0 spiro atoms. The zero-order valence-corrected chi connectivity index (χ0v) is 15.5. The predicted octanol–water partition coefficient (Wildman–Crippen LogP) is 2.38. The Morgan fingerprint density at radius 2 is 1.80 bits per heavy atom.